The second-order valence-electron chi connectivity index (χ2n) is 4.72. The van der Waals surface area contributed by atoms with E-state index in [1.54, 1.807) is 7.11 Å². The minimum atomic E-state index is 0.116. The largest absolute Gasteiger partial charge is 0.496 e. The van der Waals surface area contributed by atoms with Gasteiger partial charge in [0.1, 0.15) is 5.75 Å². The molecule has 3 nitrogen and oxygen atoms in total. The number of aryl methyl sites for hydroxylation is 1. The topological polar surface area (TPSA) is 29.5 Å². The van der Waals surface area contributed by atoms with E-state index in [0.29, 0.717) is 17.9 Å². The minimum Gasteiger partial charge on any atom is -0.496 e. The van der Waals surface area contributed by atoms with Crippen molar-refractivity contribution in [2.45, 2.75) is 26.7 Å². The second kappa shape index (κ2) is 7.17. The standard InChI is InChI=1S/C15H23NO2/c1-5-6-9-16(3)11-14(17)13-8-7-12(2)10-15(13)18-4/h7-8,10H,5-6,9,11H2,1-4H3. The molecule has 0 aromatic heterocycles. The van der Waals surface area contributed by atoms with Crippen LogP contribution in [0, 0.1) is 6.92 Å². The van der Waals surface area contributed by atoms with Gasteiger partial charge in [0.15, 0.2) is 5.78 Å². The third-order valence-electron chi connectivity index (χ3n) is 2.96. The Morgan fingerprint density at radius 2 is 2.11 bits per heavy atom. The number of likely N-dealkylation sites (N-methyl/N-ethyl adjacent to an activating group) is 1. The number of nitrogens with zero attached hydrogens (tertiary/aromatic N) is 1. The van der Waals surface area contributed by atoms with Gasteiger partial charge >= 0.3 is 0 Å². The van der Waals surface area contributed by atoms with Gasteiger partial charge in [0, 0.05) is 0 Å². The number of Topliss-reactive ketones (excluding diaryl/α,β-unsaturated/α-hetero) is 1. The smallest absolute Gasteiger partial charge is 0.180 e. The van der Waals surface area contributed by atoms with Gasteiger partial charge in [-0.2, -0.15) is 0 Å². The Bertz CT molecular complexity index is 401. The van der Waals surface area contributed by atoms with Crippen LogP contribution in [-0.2, 0) is 0 Å². The molecule has 0 aliphatic heterocycles. The summed E-state index contributed by atoms with van der Waals surface area (Å²) in [5, 5.41) is 0. The summed E-state index contributed by atoms with van der Waals surface area (Å²) in [5.74, 6) is 0.786. The summed E-state index contributed by atoms with van der Waals surface area (Å²) < 4.78 is 5.27. The second-order valence-corrected chi connectivity index (χ2v) is 4.72. The van der Waals surface area contributed by atoms with E-state index in [1.807, 2.05) is 32.2 Å². The number of hydrogen-bond acceptors (Lipinski definition) is 3. The van der Waals surface area contributed by atoms with Gasteiger partial charge in [0.2, 0.25) is 0 Å². The molecule has 0 spiro atoms. The van der Waals surface area contributed by atoms with Crippen molar-refractivity contribution in [1.82, 2.24) is 4.90 Å². The summed E-state index contributed by atoms with van der Waals surface area (Å²) >= 11 is 0. The fraction of sp³-hybridized carbons (Fsp3) is 0.533. The molecule has 1 rings (SSSR count). The molecule has 0 saturated carbocycles. The van der Waals surface area contributed by atoms with Gasteiger partial charge in [-0.3, -0.25) is 9.69 Å². The van der Waals surface area contributed by atoms with Crippen LogP contribution in [0.4, 0.5) is 0 Å². The predicted octanol–water partition coefficient (Wildman–Crippen LogP) is 2.92. The summed E-state index contributed by atoms with van der Waals surface area (Å²) in [7, 11) is 3.58. The van der Waals surface area contributed by atoms with Crippen LogP contribution in [0.25, 0.3) is 0 Å². The molecule has 100 valence electrons. The number of hydrogen-bond donors (Lipinski definition) is 0. The Balaban J connectivity index is 2.72. The lowest BCUT2D eigenvalue weighted by Crippen LogP contribution is -2.27. The molecule has 0 aliphatic rings. The highest BCUT2D eigenvalue weighted by Crippen LogP contribution is 2.20. The fourth-order valence-corrected chi connectivity index (χ4v) is 1.87. The molecule has 0 fully saturated rings. The highest BCUT2D eigenvalue weighted by molar-refractivity contribution is 6.00. The van der Waals surface area contributed by atoms with Crippen LogP contribution in [0.5, 0.6) is 5.75 Å². The van der Waals surface area contributed by atoms with Gasteiger partial charge in [-0.1, -0.05) is 19.4 Å². The number of methoxy groups -OCH3 is 1. The van der Waals surface area contributed by atoms with Crippen LogP contribution >= 0.6 is 0 Å². The van der Waals surface area contributed by atoms with Crippen molar-refractivity contribution >= 4 is 5.78 Å². The van der Waals surface area contributed by atoms with E-state index in [0.717, 1.165) is 24.9 Å². The average Bonchev–Trinajstić information content (AvgIpc) is 2.35. The number of carbonyl (C=O) groups excluding carboxylic acids is 1. The number of benzene rings is 1. The zero-order chi connectivity index (χ0) is 13.5. The summed E-state index contributed by atoms with van der Waals surface area (Å²) in [4.78, 5) is 14.2. The van der Waals surface area contributed by atoms with Crippen molar-refractivity contribution in [3.05, 3.63) is 29.3 Å². The third kappa shape index (κ3) is 4.15. The van der Waals surface area contributed by atoms with Crippen LogP contribution in [0.15, 0.2) is 18.2 Å². The van der Waals surface area contributed by atoms with Crippen LogP contribution < -0.4 is 4.74 Å². The molecule has 0 saturated heterocycles. The van der Waals surface area contributed by atoms with Crippen molar-refractivity contribution in [1.29, 1.82) is 0 Å². The summed E-state index contributed by atoms with van der Waals surface area (Å²) in [6, 6.07) is 5.70. The Morgan fingerprint density at radius 3 is 2.72 bits per heavy atom. The fourth-order valence-electron chi connectivity index (χ4n) is 1.87. The molecule has 3 heteroatoms. The van der Waals surface area contributed by atoms with Crippen LogP contribution in [0.3, 0.4) is 0 Å². The van der Waals surface area contributed by atoms with Gasteiger partial charge in [0.05, 0.1) is 19.2 Å². The Morgan fingerprint density at radius 1 is 1.39 bits per heavy atom. The molecular formula is C15H23NO2. The molecule has 0 aliphatic carbocycles. The van der Waals surface area contributed by atoms with Crippen LogP contribution in [0.2, 0.25) is 0 Å². The van der Waals surface area contributed by atoms with Crippen LogP contribution in [-0.4, -0.2) is 37.9 Å². The van der Waals surface area contributed by atoms with E-state index >= 15 is 0 Å². The van der Waals surface area contributed by atoms with E-state index in [1.165, 1.54) is 0 Å². The average molecular weight is 249 g/mol. The van der Waals surface area contributed by atoms with E-state index in [4.69, 9.17) is 4.74 Å². The zero-order valence-electron chi connectivity index (χ0n) is 11.8. The highest BCUT2D eigenvalue weighted by atomic mass is 16.5. The molecule has 0 bridgehead atoms. The summed E-state index contributed by atoms with van der Waals surface area (Å²) in [6.07, 6.45) is 2.27. The minimum absolute atomic E-state index is 0.116. The van der Waals surface area contributed by atoms with E-state index < -0.39 is 0 Å². The maximum atomic E-state index is 12.2. The van der Waals surface area contributed by atoms with E-state index in [9.17, 15) is 4.79 Å². The van der Waals surface area contributed by atoms with Gasteiger partial charge in [-0.25, -0.2) is 0 Å². The lowest BCUT2D eigenvalue weighted by molar-refractivity contribution is 0.0942. The van der Waals surface area contributed by atoms with Gasteiger partial charge in [-0.15, -0.1) is 0 Å². The molecular weight excluding hydrogens is 226 g/mol. The third-order valence-corrected chi connectivity index (χ3v) is 2.96. The number of rotatable bonds is 7. The van der Waals surface area contributed by atoms with Crippen molar-refractivity contribution in [3.8, 4) is 5.75 Å². The van der Waals surface area contributed by atoms with Gasteiger partial charge < -0.3 is 4.74 Å². The lowest BCUT2D eigenvalue weighted by atomic mass is 10.1. The molecule has 18 heavy (non-hydrogen) atoms. The zero-order valence-corrected chi connectivity index (χ0v) is 11.8. The molecule has 0 atom stereocenters. The molecule has 0 heterocycles. The Kier molecular flexibility index (Phi) is 5.86. The Hall–Kier alpha value is -1.35. The SMILES string of the molecule is CCCCN(C)CC(=O)c1ccc(C)cc1OC. The predicted molar refractivity (Wildman–Crippen MR) is 74.5 cm³/mol. The summed E-state index contributed by atoms with van der Waals surface area (Å²) in [5.41, 5.74) is 1.77. The lowest BCUT2D eigenvalue weighted by Gasteiger charge is -2.16. The molecule has 1 aromatic rings. The van der Waals surface area contributed by atoms with Gasteiger partial charge in [0.25, 0.3) is 0 Å². The van der Waals surface area contributed by atoms with Crippen molar-refractivity contribution in [2.75, 3.05) is 27.2 Å². The van der Waals surface area contributed by atoms with E-state index in [-0.39, 0.29) is 5.78 Å². The van der Waals surface area contributed by atoms with Crippen molar-refractivity contribution in [2.24, 2.45) is 0 Å². The normalized spacial score (nSPS) is 10.7. The maximum Gasteiger partial charge on any atom is 0.180 e. The highest BCUT2D eigenvalue weighted by Gasteiger charge is 2.14. The molecule has 0 N–H and O–H groups in total. The first-order chi connectivity index (χ1) is 8.58. The monoisotopic (exact) mass is 249 g/mol. The maximum absolute atomic E-state index is 12.2. The molecule has 1 aromatic carbocycles. The molecule has 0 amide bonds. The number of unbranched alkanes of at least 4 members (excludes halogenated alkanes) is 1. The number of ketones is 1. The first-order valence-electron chi connectivity index (χ1n) is 6.44. The van der Waals surface area contributed by atoms with Crippen molar-refractivity contribution in [3.63, 3.8) is 0 Å². The van der Waals surface area contributed by atoms with Gasteiger partial charge in [-0.05, 0) is 44.6 Å². The first-order valence-corrected chi connectivity index (χ1v) is 6.44. The molecule has 0 radical (unpaired) electrons. The number of ether oxygens (including phenoxy) is 1. The quantitative estimate of drug-likeness (QED) is 0.696. The number of carbonyl (C=O) groups is 1. The van der Waals surface area contributed by atoms with Crippen LogP contribution in [0.1, 0.15) is 35.7 Å². The Labute approximate surface area is 110 Å². The van der Waals surface area contributed by atoms with Crippen molar-refractivity contribution < 1.29 is 9.53 Å². The first kappa shape index (κ1) is 14.7. The molecule has 0 unspecified atom stereocenters. The van der Waals surface area contributed by atoms with E-state index in [2.05, 4.69) is 11.8 Å². The summed E-state index contributed by atoms with van der Waals surface area (Å²) in [6.45, 7) is 5.54.